The summed E-state index contributed by atoms with van der Waals surface area (Å²) in [4.78, 5) is 25.9. The largest absolute Gasteiger partial charge is 0.462 e. The zero-order chi connectivity index (χ0) is 29.3. The smallest absolute Gasteiger partial charge is 0.309 e. The van der Waals surface area contributed by atoms with Crippen LogP contribution in [-0.4, -0.2) is 46.3 Å². The second kappa shape index (κ2) is 12.1. The van der Waals surface area contributed by atoms with E-state index in [0.717, 1.165) is 77.0 Å². The van der Waals surface area contributed by atoms with Gasteiger partial charge >= 0.3 is 11.9 Å². The highest BCUT2D eigenvalue weighted by Gasteiger charge is 2.41. The predicted molar refractivity (Wildman–Crippen MR) is 161 cm³/mol. The van der Waals surface area contributed by atoms with Crippen molar-refractivity contribution in [2.24, 2.45) is 23.7 Å². The molecule has 4 fully saturated rings. The molecule has 0 aromatic carbocycles. The first-order valence-corrected chi connectivity index (χ1v) is 16.2. The highest BCUT2D eigenvalue weighted by molar-refractivity contribution is 5.73. The number of hydrogen-bond acceptors (Lipinski definition) is 6. The van der Waals surface area contributed by atoms with Crippen LogP contribution in [-0.2, 0) is 19.1 Å². The van der Waals surface area contributed by atoms with E-state index in [0.29, 0.717) is 11.8 Å². The van der Waals surface area contributed by atoms with Crippen LogP contribution in [0.2, 0.25) is 0 Å². The van der Waals surface area contributed by atoms with E-state index in [1.54, 1.807) is 0 Å². The molecule has 0 unspecified atom stereocenters. The zero-order valence-corrected chi connectivity index (χ0v) is 26.7. The summed E-state index contributed by atoms with van der Waals surface area (Å²) < 4.78 is 12.1. The summed E-state index contributed by atoms with van der Waals surface area (Å²) in [6.45, 7) is 17.6. The van der Waals surface area contributed by atoms with E-state index in [-0.39, 0.29) is 58.1 Å². The first kappa shape index (κ1) is 31.5. The van der Waals surface area contributed by atoms with E-state index in [1.165, 1.54) is 0 Å². The Bertz CT molecular complexity index is 814. The highest BCUT2D eigenvalue weighted by Crippen LogP contribution is 2.37. The molecule has 4 rings (SSSR count). The number of hydrogen-bond donors (Lipinski definition) is 2. The van der Waals surface area contributed by atoms with Gasteiger partial charge in [-0.1, -0.05) is 12.2 Å². The minimum absolute atomic E-state index is 0.00198. The lowest BCUT2D eigenvalue weighted by Crippen LogP contribution is -2.59. The van der Waals surface area contributed by atoms with Gasteiger partial charge in [-0.15, -0.1) is 0 Å². The Balaban J connectivity index is 1.16. The summed E-state index contributed by atoms with van der Waals surface area (Å²) in [5, 5.41) is 7.33. The monoisotopic (exact) mass is 558 g/mol. The van der Waals surface area contributed by atoms with E-state index in [4.69, 9.17) is 9.47 Å². The van der Waals surface area contributed by atoms with Crippen LogP contribution in [0.15, 0.2) is 12.2 Å². The Labute approximate surface area is 244 Å². The van der Waals surface area contributed by atoms with Crippen LogP contribution in [0.5, 0.6) is 0 Å². The number of allylic oxidation sites excluding steroid dienone is 2. The van der Waals surface area contributed by atoms with Crippen molar-refractivity contribution in [3.8, 4) is 0 Å². The second-order valence-corrected chi connectivity index (χ2v) is 16.3. The molecule has 2 saturated heterocycles. The molecule has 228 valence electrons. The van der Waals surface area contributed by atoms with E-state index < -0.39 is 0 Å². The van der Waals surface area contributed by atoms with Gasteiger partial charge in [0.15, 0.2) is 0 Å². The quantitative estimate of drug-likeness (QED) is 0.274. The molecule has 6 heteroatoms. The van der Waals surface area contributed by atoms with Crippen molar-refractivity contribution in [3.05, 3.63) is 12.2 Å². The van der Waals surface area contributed by atoms with Gasteiger partial charge in [0, 0.05) is 47.8 Å². The van der Waals surface area contributed by atoms with Gasteiger partial charge in [-0.25, -0.2) is 0 Å². The van der Waals surface area contributed by atoms with Gasteiger partial charge in [-0.2, -0.15) is 0 Å². The van der Waals surface area contributed by atoms with Gasteiger partial charge in [0.1, 0.15) is 12.2 Å². The molecule has 0 atom stereocenters. The van der Waals surface area contributed by atoms with Crippen LogP contribution in [0.25, 0.3) is 0 Å². The maximum Gasteiger partial charge on any atom is 0.309 e. The Morgan fingerprint density at radius 1 is 0.525 bits per heavy atom. The summed E-state index contributed by atoms with van der Waals surface area (Å²) >= 11 is 0. The lowest BCUT2D eigenvalue weighted by atomic mass is 9.78. The third kappa shape index (κ3) is 9.05. The molecule has 6 nitrogen and oxygen atoms in total. The van der Waals surface area contributed by atoms with Crippen LogP contribution in [0.1, 0.15) is 132 Å². The molecular formula is C34H58N2O4. The Morgan fingerprint density at radius 3 is 1.07 bits per heavy atom. The fourth-order valence-electron chi connectivity index (χ4n) is 8.55. The standard InChI is InChI=1S/C34H58N2O4/c1-31(2)19-27(20-32(3,4)35-31)39-29(37)25-15-11-23(12-16-25)9-10-24-13-17-26(18-14-24)30(38)40-28-21-33(5,6)36-34(7,8)22-28/h9-10,23-28,35-36H,11-22H2,1-8H3/b10-9+. The molecule has 2 heterocycles. The molecule has 0 aromatic heterocycles. The summed E-state index contributed by atoms with van der Waals surface area (Å²) in [5.41, 5.74) is -0.0710. The normalized spacial score (nSPS) is 34.3. The average Bonchev–Trinajstić information content (AvgIpc) is 2.79. The lowest BCUT2D eigenvalue weighted by molar-refractivity contribution is -0.160. The Morgan fingerprint density at radius 2 is 0.800 bits per heavy atom. The fraction of sp³-hybridized carbons (Fsp3) is 0.882. The molecule has 0 bridgehead atoms. The number of rotatable bonds is 6. The van der Waals surface area contributed by atoms with Gasteiger partial charge in [0.25, 0.3) is 0 Å². The summed E-state index contributed by atoms with van der Waals surface area (Å²) in [6, 6.07) is 0. The van der Waals surface area contributed by atoms with E-state index in [1.807, 2.05) is 0 Å². The molecule has 0 aromatic rings. The number of carbonyl (C=O) groups is 2. The number of ether oxygens (including phenoxy) is 2. The first-order chi connectivity index (χ1) is 18.5. The number of nitrogens with one attached hydrogen (secondary N) is 2. The molecule has 4 aliphatic rings. The number of esters is 2. The van der Waals surface area contributed by atoms with Crippen LogP contribution in [0.3, 0.4) is 0 Å². The molecule has 0 spiro atoms. The predicted octanol–water partition coefficient (Wildman–Crippen LogP) is 6.86. The minimum Gasteiger partial charge on any atom is -0.462 e. The first-order valence-electron chi connectivity index (χ1n) is 16.2. The molecule has 2 saturated carbocycles. The third-order valence-corrected chi connectivity index (χ3v) is 9.74. The van der Waals surface area contributed by atoms with Crippen molar-refractivity contribution in [2.45, 2.75) is 167 Å². The van der Waals surface area contributed by atoms with E-state index in [9.17, 15) is 9.59 Å². The van der Waals surface area contributed by atoms with E-state index in [2.05, 4.69) is 78.2 Å². The van der Waals surface area contributed by atoms with Crippen LogP contribution >= 0.6 is 0 Å². The van der Waals surface area contributed by atoms with Gasteiger partial charge < -0.3 is 20.1 Å². The Hall–Kier alpha value is -1.40. The average molecular weight is 559 g/mol. The van der Waals surface area contributed by atoms with Gasteiger partial charge in [0.2, 0.25) is 0 Å². The summed E-state index contributed by atoms with van der Waals surface area (Å²) in [5.74, 6) is 1.22. The number of piperidine rings is 2. The van der Waals surface area contributed by atoms with Gasteiger partial charge in [-0.05, 0) is 119 Å². The van der Waals surface area contributed by atoms with Crippen molar-refractivity contribution in [1.29, 1.82) is 0 Å². The maximum atomic E-state index is 13.0. The highest BCUT2D eigenvalue weighted by atomic mass is 16.5. The van der Waals surface area contributed by atoms with Crippen LogP contribution in [0.4, 0.5) is 0 Å². The second-order valence-electron chi connectivity index (χ2n) is 16.3. The molecule has 0 radical (unpaired) electrons. The molecule has 40 heavy (non-hydrogen) atoms. The maximum absolute atomic E-state index is 13.0. The molecule has 2 aliphatic carbocycles. The minimum atomic E-state index is -0.0178. The van der Waals surface area contributed by atoms with Gasteiger partial charge in [-0.3, -0.25) is 9.59 Å². The molecule has 2 aliphatic heterocycles. The molecule has 0 amide bonds. The van der Waals surface area contributed by atoms with Gasteiger partial charge in [0.05, 0.1) is 11.8 Å². The van der Waals surface area contributed by atoms with Crippen LogP contribution < -0.4 is 10.6 Å². The number of carbonyl (C=O) groups excluding carboxylic acids is 2. The van der Waals surface area contributed by atoms with Crippen molar-refractivity contribution in [2.75, 3.05) is 0 Å². The molecular weight excluding hydrogens is 500 g/mol. The zero-order valence-electron chi connectivity index (χ0n) is 26.7. The SMILES string of the molecule is CC1(C)CC(OC(=O)C2CCC(/C=C/C3CCC(C(=O)OC4CC(C)(C)NC(C)(C)C4)CC3)CC2)CC(C)(C)N1. The fourth-order valence-corrected chi connectivity index (χ4v) is 8.55. The topological polar surface area (TPSA) is 76.7 Å². The van der Waals surface area contributed by atoms with Crippen molar-refractivity contribution < 1.29 is 19.1 Å². The van der Waals surface area contributed by atoms with E-state index >= 15 is 0 Å². The molecule has 2 N–H and O–H groups in total. The van der Waals surface area contributed by atoms with Crippen molar-refractivity contribution in [3.63, 3.8) is 0 Å². The summed E-state index contributed by atoms with van der Waals surface area (Å²) in [7, 11) is 0. The Kier molecular flexibility index (Phi) is 9.51. The van der Waals surface area contributed by atoms with Crippen LogP contribution in [0, 0.1) is 23.7 Å². The van der Waals surface area contributed by atoms with Crippen molar-refractivity contribution in [1.82, 2.24) is 10.6 Å². The lowest BCUT2D eigenvalue weighted by Gasteiger charge is -2.46. The third-order valence-electron chi connectivity index (χ3n) is 9.74. The van der Waals surface area contributed by atoms with Crippen molar-refractivity contribution >= 4 is 11.9 Å². The summed E-state index contributed by atoms with van der Waals surface area (Å²) in [6.07, 6.45) is 16.2.